The maximum atomic E-state index is 5.59. The summed E-state index contributed by atoms with van der Waals surface area (Å²) in [5, 5.41) is 6.76. The fourth-order valence-corrected chi connectivity index (χ4v) is 4.17. The molecule has 1 N–H and O–H groups in total. The predicted molar refractivity (Wildman–Crippen MR) is 108 cm³/mol. The smallest absolute Gasteiger partial charge is 0.172 e. The lowest BCUT2D eigenvalue weighted by Crippen LogP contribution is -2.53. The molecule has 3 aromatic rings. The normalized spacial score (nSPS) is 16.9. The number of rotatable bonds is 5. The molecule has 3 heterocycles. The topological polar surface area (TPSA) is 50.3 Å². The number of para-hydroxylation sites is 1. The Kier molecular flexibility index (Phi) is 4.89. The summed E-state index contributed by atoms with van der Waals surface area (Å²) in [6, 6.07) is 12.3. The molecule has 0 aliphatic carbocycles. The van der Waals surface area contributed by atoms with Crippen LogP contribution >= 0.6 is 11.3 Å². The number of likely N-dealkylation sites (N-methyl/N-ethyl adjacent to an activating group) is 1. The summed E-state index contributed by atoms with van der Waals surface area (Å²) in [6.45, 7) is 2.46. The van der Waals surface area contributed by atoms with Crippen LogP contribution in [-0.4, -0.2) is 54.3 Å². The van der Waals surface area contributed by atoms with Gasteiger partial charge in [0.05, 0.1) is 10.4 Å². The zero-order chi connectivity index (χ0) is 18.0. The van der Waals surface area contributed by atoms with Crippen LogP contribution in [0.25, 0.3) is 21.6 Å². The largest absolute Gasteiger partial charge is 0.381 e. The summed E-state index contributed by atoms with van der Waals surface area (Å²) in [5.41, 5.74) is 1.06. The van der Waals surface area contributed by atoms with E-state index in [4.69, 9.17) is 14.7 Å². The van der Waals surface area contributed by atoms with Gasteiger partial charge in [-0.2, -0.15) is 0 Å². The van der Waals surface area contributed by atoms with Crippen LogP contribution in [-0.2, 0) is 4.74 Å². The molecule has 1 aromatic carbocycles. The number of aromatic nitrogens is 2. The molecule has 0 spiro atoms. The van der Waals surface area contributed by atoms with Crippen LogP contribution in [0.1, 0.15) is 12.8 Å². The first-order valence-electron chi connectivity index (χ1n) is 8.98. The van der Waals surface area contributed by atoms with Gasteiger partial charge in [-0.15, -0.1) is 11.3 Å². The van der Waals surface area contributed by atoms with Crippen molar-refractivity contribution in [3.8, 4) is 10.7 Å². The molecule has 0 bridgehead atoms. The van der Waals surface area contributed by atoms with Gasteiger partial charge in [0.25, 0.3) is 0 Å². The van der Waals surface area contributed by atoms with E-state index in [0.29, 0.717) is 0 Å². The first-order valence-corrected chi connectivity index (χ1v) is 9.86. The van der Waals surface area contributed by atoms with Crippen molar-refractivity contribution < 1.29 is 4.74 Å². The number of ether oxygens (including phenoxy) is 1. The Morgan fingerprint density at radius 3 is 2.65 bits per heavy atom. The molecular formula is C20H24N4OS. The molecule has 26 heavy (non-hydrogen) atoms. The second-order valence-corrected chi connectivity index (χ2v) is 7.92. The predicted octanol–water partition coefficient (Wildman–Crippen LogP) is 3.88. The number of thiophene rings is 1. The molecule has 0 unspecified atom stereocenters. The van der Waals surface area contributed by atoms with Gasteiger partial charge in [0.2, 0.25) is 0 Å². The highest BCUT2D eigenvalue weighted by Gasteiger charge is 2.34. The van der Waals surface area contributed by atoms with Gasteiger partial charge < -0.3 is 15.0 Å². The SMILES string of the molecule is CN(C)C1(CNc2nc(-c3cccs3)nc3ccccc23)CCOCC1. The second kappa shape index (κ2) is 7.31. The van der Waals surface area contributed by atoms with Gasteiger partial charge in [-0.1, -0.05) is 18.2 Å². The first-order chi connectivity index (χ1) is 12.7. The molecular weight excluding hydrogens is 344 g/mol. The average Bonchev–Trinajstić information content (AvgIpc) is 3.21. The Labute approximate surface area is 158 Å². The Bertz CT molecular complexity index is 873. The van der Waals surface area contributed by atoms with Crippen LogP contribution in [0.2, 0.25) is 0 Å². The Hall–Kier alpha value is -2.02. The van der Waals surface area contributed by atoms with Gasteiger partial charge in [-0.25, -0.2) is 9.97 Å². The van der Waals surface area contributed by atoms with E-state index in [1.54, 1.807) is 11.3 Å². The third-order valence-electron chi connectivity index (χ3n) is 5.30. The van der Waals surface area contributed by atoms with Gasteiger partial charge in [-0.3, -0.25) is 0 Å². The lowest BCUT2D eigenvalue weighted by Gasteiger charge is -2.43. The molecule has 1 aliphatic rings. The molecule has 5 nitrogen and oxygen atoms in total. The molecule has 2 aromatic heterocycles. The number of nitrogens with zero attached hydrogens (tertiary/aromatic N) is 3. The van der Waals surface area contributed by atoms with E-state index in [-0.39, 0.29) is 5.54 Å². The zero-order valence-electron chi connectivity index (χ0n) is 15.2. The third-order valence-corrected chi connectivity index (χ3v) is 6.17. The number of nitrogens with one attached hydrogen (secondary N) is 1. The van der Waals surface area contributed by atoms with E-state index in [2.05, 4.69) is 47.9 Å². The molecule has 1 saturated heterocycles. The third kappa shape index (κ3) is 3.32. The number of anilines is 1. The Morgan fingerprint density at radius 2 is 1.92 bits per heavy atom. The quantitative estimate of drug-likeness (QED) is 0.741. The second-order valence-electron chi connectivity index (χ2n) is 6.97. The highest BCUT2D eigenvalue weighted by molar-refractivity contribution is 7.13. The van der Waals surface area contributed by atoms with Crippen molar-refractivity contribution in [2.45, 2.75) is 18.4 Å². The molecule has 1 fully saturated rings. The van der Waals surface area contributed by atoms with E-state index >= 15 is 0 Å². The van der Waals surface area contributed by atoms with E-state index in [9.17, 15) is 0 Å². The number of benzene rings is 1. The Morgan fingerprint density at radius 1 is 1.12 bits per heavy atom. The van der Waals surface area contributed by atoms with Gasteiger partial charge in [0.15, 0.2) is 5.82 Å². The molecule has 1 aliphatic heterocycles. The maximum absolute atomic E-state index is 5.59. The lowest BCUT2D eigenvalue weighted by molar-refractivity contribution is -0.000650. The summed E-state index contributed by atoms with van der Waals surface area (Å²) in [6.07, 6.45) is 2.04. The van der Waals surface area contributed by atoms with Crippen LogP contribution in [0.4, 0.5) is 5.82 Å². The van der Waals surface area contributed by atoms with E-state index in [1.165, 1.54) is 0 Å². The minimum atomic E-state index is 0.0907. The number of hydrogen-bond donors (Lipinski definition) is 1. The van der Waals surface area contributed by atoms with Crippen molar-refractivity contribution in [2.75, 3.05) is 39.2 Å². The average molecular weight is 369 g/mol. The molecule has 0 saturated carbocycles. The highest BCUT2D eigenvalue weighted by atomic mass is 32.1. The van der Waals surface area contributed by atoms with Gasteiger partial charge in [-0.05, 0) is 50.5 Å². The van der Waals surface area contributed by atoms with Gasteiger partial charge >= 0.3 is 0 Å². The summed E-state index contributed by atoms with van der Waals surface area (Å²) >= 11 is 1.67. The zero-order valence-corrected chi connectivity index (χ0v) is 16.1. The van der Waals surface area contributed by atoms with Crippen molar-refractivity contribution in [2.24, 2.45) is 0 Å². The highest BCUT2D eigenvalue weighted by Crippen LogP contribution is 2.30. The van der Waals surface area contributed by atoms with E-state index in [0.717, 1.165) is 60.0 Å². The van der Waals surface area contributed by atoms with E-state index < -0.39 is 0 Å². The molecule has 0 radical (unpaired) electrons. The summed E-state index contributed by atoms with van der Waals surface area (Å²) in [5.74, 6) is 1.69. The fraction of sp³-hybridized carbons (Fsp3) is 0.400. The molecule has 136 valence electrons. The van der Waals surface area contributed by atoms with Crippen molar-refractivity contribution >= 4 is 28.1 Å². The number of hydrogen-bond acceptors (Lipinski definition) is 6. The first kappa shape index (κ1) is 17.4. The van der Waals surface area contributed by atoms with E-state index in [1.807, 2.05) is 18.2 Å². The van der Waals surface area contributed by atoms with Crippen LogP contribution in [0, 0.1) is 0 Å². The summed E-state index contributed by atoms with van der Waals surface area (Å²) < 4.78 is 5.59. The van der Waals surface area contributed by atoms with Crippen molar-refractivity contribution in [3.05, 3.63) is 41.8 Å². The van der Waals surface area contributed by atoms with Crippen molar-refractivity contribution in [1.82, 2.24) is 14.9 Å². The molecule has 0 amide bonds. The molecule has 6 heteroatoms. The van der Waals surface area contributed by atoms with Crippen LogP contribution < -0.4 is 5.32 Å². The minimum Gasteiger partial charge on any atom is -0.381 e. The molecule has 4 rings (SSSR count). The Balaban J connectivity index is 1.69. The standard InChI is InChI=1S/C20H24N4OS/c1-24(2)20(9-11-25-12-10-20)14-21-18-15-6-3-4-7-16(15)22-19(23-18)17-8-5-13-26-17/h3-8,13H,9-12,14H2,1-2H3,(H,21,22,23). The van der Waals surface area contributed by atoms with Crippen LogP contribution in [0.15, 0.2) is 41.8 Å². The van der Waals surface area contributed by atoms with Gasteiger partial charge in [0.1, 0.15) is 5.82 Å². The molecule has 0 atom stereocenters. The van der Waals surface area contributed by atoms with Crippen molar-refractivity contribution in [1.29, 1.82) is 0 Å². The minimum absolute atomic E-state index is 0.0907. The van der Waals surface area contributed by atoms with Crippen molar-refractivity contribution in [3.63, 3.8) is 0 Å². The summed E-state index contributed by atoms with van der Waals surface area (Å²) in [7, 11) is 4.31. The van der Waals surface area contributed by atoms with Gasteiger partial charge in [0, 0.05) is 30.7 Å². The summed E-state index contributed by atoms with van der Waals surface area (Å²) in [4.78, 5) is 13.0. The number of fused-ring (bicyclic) bond motifs is 1. The lowest BCUT2D eigenvalue weighted by atomic mass is 9.88. The monoisotopic (exact) mass is 368 g/mol. The van der Waals surface area contributed by atoms with Crippen LogP contribution in [0.5, 0.6) is 0 Å². The fourth-order valence-electron chi connectivity index (χ4n) is 3.51. The maximum Gasteiger partial charge on any atom is 0.172 e. The van der Waals surface area contributed by atoms with Crippen LogP contribution in [0.3, 0.4) is 0 Å².